The highest BCUT2D eigenvalue weighted by atomic mass is 16.3. The summed E-state index contributed by atoms with van der Waals surface area (Å²) < 4.78 is 0. The summed E-state index contributed by atoms with van der Waals surface area (Å²) in [6.45, 7) is 0.0660. The third-order valence-corrected chi connectivity index (χ3v) is 1.71. The zero-order valence-electron chi connectivity index (χ0n) is 7.00. The summed E-state index contributed by atoms with van der Waals surface area (Å²) >= 11 is 0. The Bertz CT molecular complexity index is 247. The van der Waals surface area contributed by atoms with Gasteiger partial charge in [-0.05, 0) is 12.3 Å². The van der Waals surface area contributed by atoms with E-state index in [1.54, 1.807) is 6.20 Å². The largest absolute Gasteiger partial charge is 0.382 e. The van der Waals surface area contributed by atoms with Gasteiger partial charge < -0.3 is 11.2 Å². The molecule has 1 unspecified atom stereocenters. The summed E-state index contributed by atoms with van der Waals surface area (Å²) in [6, 6.07) is -0.390. The van der Waals surface area contributed by atoms with Crippen LogP contribution in [0.2, 0.25) is 0 Å². The quantitative estimate of drug-likeness (QED) is 0.286. The van der Waals surface area contributed by atoms with Crippen LogP contribution in [0, 0.1) is 4.91 Å². The molecule has 70 valence electrons. The van der Waals surface area contributed by atoms with Gasteiger partial charge in [0.25, 0.3) is 0 Å². The molecule has 1 aliphatic rings. The van der Waals surface area contributed by atoms with Crippen molar-refractivity contribution in [3.8, 4) is 0 Å². The lowest BCUT2D eigenvalue weighted by Gasteiger charge is -2.19. The van der Waals surface area contributed by atoms with Crippen LogP contribution in [0.15, 0.2) is 39.9 Å². The van der Waals surface area contributed by atoms with Crippen molar-refractivity contribution in [3.63, 3.8) is 0 Å². The number of nitrogens with one attached hydrogen (secondary N) is 1. The number of rotatable bonds is 4. The summed E-state index contributed by atoms with van der Waals surface area (Å²) in [5.74, 6) is 4.91. The highest BCUT2D eigenvalue weighted by Crippen LogP contribution is 2.05. The summed E-state index contributed by atoms with van der Waals surface area (Å²) in [5, 5.41) is 12.6. The monoisotopic (exact) mass is 181 g/mol. The molecule has 6 heteroatoms. The first kappa shape index (κ1) is 9.37. The topological polar surface area (TPSA) is 92.2 Å². The molecular formula is C7H11N5O. The van der Waals surface area contributed by atoms with E-state index < -0.39 is 0 Å². The number of nitrogens with two attached hydrogens (primary N) is 1. The molecule has 0 aromatic carbocycles. The number of hydrogen-bond donors (Lipinski definition) is 2. The molecule has 13 heavy (non-hydrogen) atoms. The second-order valence-electron chi connectivity index (χ2n) is 2.55. The first-order valence-electron chi connectivity index (χ1n) is 3.87. The van der Waals surface area contributed by atoms with Crippen molar-refractivity contribution in [2.75, 3.05) is 6.54 Å². The van der Waals surface area contributed by atoms with E-state index in [1.165, 1.54) is 0 Å². The first-order valence-corrected chi connectivity index (χ1v) is 3.87. The Morgan fingerprint density at radius 3 is 2.92 bits per heavy atom. The van der Waals surface area contributed by atoms with E-state index in [4.69, 9.17) is 5.84 Å². The Hall–Kier alpha value is -1.72. The van der Waals surface area contributed by atoms with E-state index in [1.807, 2.05) is 18.2 Å². The maximum atomic E-state index is 10.1. The summed E-state index contributed by atoms with van der Waals surface area (Å²) in [4.78, 5) is 10.1. The molecule has 0 radical (unpaired) electrons. The molecule has 1 aliphatic heterocycles. The number of nitroso groups, excluding NO2 is 1. The minimum absolute atomic E-state index is 0.0602. The van der Waals surface area contributed by atoms with Gasteiger partial charge in [0.15, 0.2) is 0 Å². The molecule has 0 aliphatic carbocycles. The van der Waals surface area contributed by atoms with E-state index in [2.05, 4.69) is 20.8 Å². The molecule has 0 saturated carbocycles. The molecule has 2 atom stereocenters. The number of dihydropyridines is 1. The van der Waals surface area contributed by atoms with Crippen molar-refractivity contribution in [3.05, 3.63) is 29.3 Å². The van der Waals surface area contributed by atoms with E-state index >= 15 is 0 Å². The average molecular weight is 181 g/mol. The van der Waals surface area contributed by atoms with E-state index in [0.717, 1.165) is 0 Å². The van der Waals surface area contributed by atoms with Gasteiger partial charge in [0.1, 0.15) is 12.6 Å². The SMILES string of the molecule is NN=N[C@@H](CN=O)C1C=CC=CN1. The predicted molar refractivity (Wildman–Crippen MR) is 48.7 cm³/mol. The highest BCUT2D eigenvalue weighted by Gasteiger charge is 2.18. The maximum Gasteiger partial charge on any atom is 0.119 e. The minimum atomic E-state index is -0.330. The average Bonchev–Trinajstić information content (AvgIpc) is 2.19. The number of nitrogens with zero attached hydrogens (tertiary/aromatic N) is 3. The van der Waals surface area contributed by atoms with Crippen molar-refractivity contribution in [1.29, 1.82) is 0 Å². The zero-order valence-corrected chi connectivity index (χ0v) is 7.00. The Morgan fingerprint density at radius 2 is 2.38 bits per heavy atom. The standard InChI is InChI=1S/C7H11N5O/c8-12-11-7(5-10-13)6-3-1-2-4-9-6/h1-4,6-7,9H,5H2,(H2,8,11)/t6?,7-/m0/s1. The van der Waals surface area contributed by atoms with Crippen LogP contribution >= 0.6 is 0 Å². The lowest BCUT2D eigenvalue weighted by molar-refractivity contribution is 0.527. The van der Waals surface area contributed by atoms with Gasteiger partial charge in [-0.15, -0.1) is 0 Å². The van der Waals surface area contributed by atoms with Gasteiger partial charge in [0.2, 0.25) is 0 Å². The number of allylic oxidation sites excluding steroid dienone is 2. The lowest BCUT2D eigenvalue weighted by atomic mass is 10.1. The van der Waals surface area contributed by atoms with Crippen LogP contribution in [0.3, 0.4) is 0 Å². The van der Waals surface area contributed by atoms with Crippen LogP contribution in [0.4, 0.5) is 0 Å². The van der Waals surface area contributed by atoms with Crippen molar-refractivity contribution in [1.82, 2.24) is 5.32 Å². The van der Waals surface area contributed by atoms with Crippen LogP contribution in [0.25, 0.3) is 0 Å². The Morgan fingerprint density at radius 1 is 1.54 bits per heavy atom. The van der Waals surface area contributed by atoms with Gasteiger partial charge in [-0.3, -0.25) is 0 Å². The predicted octanol–water partition coefficient (Wildman–Crippen LogP) is 0.489. The van der Waals surface area contributed by atoms with Gasteiger partial charge in [-0.1, -0.05) is 22.6 Å². The fraction of sp³-hybridized carbons (Fsp3) is 0.429. The van der Waals surface area contributed by atoms with Crippen LogP contribution in [-0.4, -0.2) is 18.6 Å². The Labute approximate surface area is 75.5 Å². The molecule has 1 rings (SSSR count). The molecule has 0 bridgehead atoms. The van der Waals surface area contributed by atoms with Gasteiger partial charge >= 0.3 is 0 Å². The molecule has 0 aromatic rings. The maximum absolute atomic E-state index is 10.1. The van der Waals surface area contributed by atoms with E-state index in [-0.39, 0.29) is 18.6 Å². The third kappa shape index (κ3) is 2.66. The summed E-state index contributed by atoms with van der Waals surface area (Å²) in [7, 11) is 0. The number of hydrogen-bond acceptors (Lipinski definition) is 5. The minimum Gasteiger partial charge on any atom is -0.382 e. The smallest absolute Gasteiger partial charge is 0.119 e. The molecule has 3 N–H and O–H groups in total. The molecular weight excluding hydrogens is 170 g/mol. The van der Waals surface area contributed by atoms with Crippen molar-refractivity contribution in [2.24, 2.45) is 21.4 Å². The molecule has 0 saturated heterocycles. The fourth-order valence-corrected chi connectivity index (χ4v) is 1.08. The van der Waals surface area contributed by atoms with Gasteiger partial charge in [0, 0.05) is 0 Å². The first-order chi connectivity index (χ1) is 6.38. The summed E-state index contributed by atoms with van der Waals surface area (Å²) in [6.07, 6.45) is 7.37. The van der Waals surface area contributed by atoms with E-state index in [9.17, 15) is 4.91 Å². The van der Waals surface area contributed by atoms with Crippen LogP contribution in [0.1, 0.15) is 0 Å². The molecule has 6 nitrogen and oxygen atoms in total. The molecule has 0 spiro atoms. The third-order valence-electron chi connectivity index (χ3n) is 1.71. The van der Waals surface area contributed by atoms with Crippen LogP contribution in [-0.2, 0) is 0 Å². The Kier molecular flexibility index (Phi) is 3.62. The highest BCUT2D eigenvalue weighted by molar-refractivity contribution is 5.14. The van der Waals surface area contributed by atoms with Crippen molar-refractivity contribution < 1.29 is 0 Å². The van der Waals surface area contributed by atoms with Gasteiger partial charge in [-0.2, -0.15) is 10.0 Å². The summed E-state index contributed by atoms with van der Waals surface area (Å²) in [5.41, 5.74) is 0. The van der Waals surface area contributed by atoms with Crippen LogP contribution < -0.4 is 11.2 Å². The molecule has 1 heterocycles. The lowest BCUT2D eigenvalue weighted by Crippen LogP contribution is -2.37. The van der Waals surface area contributed by atoms with Crippen LogP contribution in [0.5, 0.6) is 0 Å². The molecule has 0 fully saturated rings. The second kappa shape index (κ2) is 5.02. The Balaban J connectivity index is 2.58. The molecule has 0 aromatic heterocycles. The van der Waals surface area contributed by atoms with Gasteiger partial charge in [-0.25, -0.2) is 0 Å². The van der Waals surface area contributed by atoms with Gasteiger partial charge in [0.05, 0.1) is 6.04 Å². The zero-order chi connectivity index (χ0) is 9.52. The normalized spacial score (nSPS) is 22.9. The van der Waals surface area contributed by atoms with Crippen molar-refractivity contribution >= 4 is 0 Å². The molecule has 0 amide bonds. The fourth-order valence-electron chi connectivity index (χ4n) is 1.08. The van der Waals surface area contributed by atoms with Crippen molar-refractivity contribution in [2.45, 2.75) is 12.1 Å². The second-order valence-corrected chi connectivity index (χ2v) is 2.55. The van der Waals surface area contributed by atoms with E-state index in [0.29, 0.717) is 0 Å².